The number of fused-ring (bicyclic) bond motifs is 1. The van der Waals surface area contributed by atoms with E-state index in [4.69, 9.17) is 4.74 Å². The van der Waals surface area contributed by atoms with Crippen molar-refractivity contribution in [2.45, 2.75) is 31.7 Å². The van der Waals surface area contributed by atoms with E-state index in [-0.39, 0.29) is 10.8 Å². The van der Waals surface area contributed by atoms with E-state index in [2.05, 4.69) is 18.8 Å². The minimum absolute atomic E-state index is 0.00303. The minimum Gasteiger partial charge on any atom is -0.494 e. The number of hydrogen-bond acceptors (Lipinski definition) is 7. The van der Waals surface area contributed by atoms with Gasteiger partial charge < -0.3 is 10.1 Å². The Balaban J connectivity index is 1.80. The summed E-state index contributed by atoms with van der Waals surface area (Å²) in [6, 6.07) is 10.7. The predicted molar refractivity (Wildman–Crippen MR) is 113 cm³/mol. The van der Waals surface area contributed by atoms with Gasteiger partial charge in [-0.15, -0.1) is 0 Å². The maximum absolute atomic E-state index is 13.0. The smallest absolute Gasteiger partial charge is 0.243 e. The van der Waals surface area contributed by atoms with Crippen LogP contribution in [0, 0.1) is 5.92 Å². The van der Waals surface area contributed by atoms with Gasteiger partial charge in [-0.25, -0.2) is 8.42 Å². The van der Waals surface area contributed by atoms with Crippen LogP contribution in [0.1, 0.15) is 20.8 Å². The van der Waals surface area contributed by atoms with Gasteiger partial charge in [0, 0.05) is 5.69 Å². The molecule has 2 N–H and O–H groups in total. The Hall–Kier alpha value is -2.56. The first-order valence-corrected chi connectivity index (χ1v) is 11.3. The summed E-state index contributed by atoms with van der Waals surface area (Å²) in [4.78, 5) is 12.8. The molecule has 29 heavy (non-hydrogen) atoms. The van der Waals surface area contributed by atoms with Gasteiger partial charge in [-0.05, 0) is 49.2 Å². The summed E-state index contributed by atoms with van der Waals surface area (Å²) in [7, 11) is -3.98. The van der Waals surface area contributed by atoms with Crippen molar-refractivity contribution in [1.82, 2.24) is 13.5 Å². The lowest BCUT2D eigenvalue weighted by atomic mass is 10.0. The Kier molecular flexibility index (Phi) is 6.46. The van der Waals surface area contributed by atoms with Gasteiger partial charge >= 0.3 is 0 Å². The van der Waals surface area contributed by atoms with Crippen LogP contribution in [-0.4, -0.2) is 35.7 Å². The van der Waals surface area contributed by atoms with Crippen molar-refractivity contribution < 1.29 is 17.9 Å². The van der Waals surface area contributed by atoms with E-state index in [1.54, 1.807) is 50.2 Å². The van der Waals surface area contributed by atoms with Gasteiger partial charge in [0.2, 0.25) is 15.9 Å². The van der Waals surface area contributed by atoms with E-state index < -0.39 is 22.0 Å². The zero-order chi connectivity index (χ0) is 21.0. The van der Waals surface area contributed by atoms with Crippen molar-refractivity contribution in [1.29, 1.82) is 0 Å². The molecule has 0 aliphatic rings. The van der Waals surface area contributed by atoms with Crippen molar-refractivity contribution >= 4 is 44.4 Å². The third-order valence-electron chi connectivity index (χ3n) is 4.20. The van der Waals surface area contributed by atoms with Crippen LogP contribution in [0.2, 0.25) is 0 Å². The zero-order valence-electron chi connectivity index (χ0n) is 16.2. The Morgan fingerprint density at radius 2 is 1.86 bits per heavy atom. The van der Waals surface area contributed by atoms with Gasteiger partial charge in [0.05, 0.1) is 18.3 Å². The number of nitrogens with one attached hydrogen (secondary N) is 2. The highest BCUT2D eigenvalue weighted by molar-refractivity contribution is 7.89. The second-order valence-electron chi connectivity index (χ2n) is 6.68. The van der Waals surface area contributed by atoms with E-state index in [0.29, 0.717) is 29.1 Å². The molecule has 0 saturated heterocycles. The Morgan fingerprint density at radius 3 is 2.52 bits per heavy atom. The molecule has 1 aromatic heterocycles. The molecular weight excluding hydrogens is 412 g/mol. The SMILES string of the molecule is CCOc1ccc(NC(=O)[C@@H](NS(=O)(=O)c2cccc3nsnc23)C(C)C)cc1. The summed E-state index contributed by atoms with van der Waals surface area (Å²) in [6.45, 7) is 5.98. The number of amides is 1. The molecule has 3 rings (SSSR count). The predicted octanol–water partition coefficient (Wildman–Crippen LogP) is 3.03. The molecule has 0 saturated carbocycles. The monoisotopic (exact) mass is 434 g/mol. The molecule has 1 atom stereocenters. The molecule has 0 unspecified atom stereocenters. The Bertz CT molecular complexity index is 1090. The van der Waals surface area contributed by atoms with Gasteiger partial charge in [0.15, 0.2) is 0 Å². The van der Waals surface area contributed by atoms with E-state index in [0.717, 1.165) is 11.7 Å². The van der Waals surface area contributed by atoms with E-state index in [9.17, 15) is 13.2 Å². The lowest BCUT2D eigenvalue weighted by Crippen LogP contribution is -2.47. The molecular formula is C19H22N4O4S2. The number of aromatic nitrogens is 2. The molecule has 0 radical (unpaired) electrons. The maximum Gasteiger partial charge on any atom is 0.243 e. The van der Waals surface area contributed by atoms with Gasteiger partial charge in [-0.2, -0.15) is 13.5 Å². The number of nitrogens with zero attached hydrogens (tertiary/aromatic N) is 2. The fraction of sp³-hybridized carbons (Fsp3) is 0.316. The first-order valence-electron chi connectivity index (χ1n) is 9.09. The fourth-order valence-electron chi connectivity index (χ4n) is 2.74. The minimum atomic E-state index is -3.98. The van der Waals surface area contributed by atoms with Crippen LogP contribution in [0.25, 0.3) is 11.0 Å². The molecule has 0 spiro atoms. The van der Waals surface area contributed by atoms with Crippen molar-refractivity contribution in [3.63, 3.8) is 0 Å². The summed E-state index contributed by atoms with van der Waals surface area (Å²) < 4.78 is 42.0. The average molecular weight is 435 g/mol. The van der Waals surface area contributed by atoms with Crippen LogP contribution < -0.4 is 14.8 Å². The molecule has 10 heteroatoms. The number of benzene rings is 2. The molecule has 1 amide bonds. The first kappa shape index (κ1) is 21.2. The summed E-state index contributed by atoms with van der Waals surface area (Å²) in [5.41, 5.74) is 1.34. The largest absolute Gasteiger partial charge is 0.494 e. The van der Waals surface area contributed by atoms with Crippen LogP contribution in [0.3, 0.4) is 0 Å². The molecule has 0 bridgehead atoms. The highest BCUT2D eigenvalue weighted by Gasteiger charge is 2.30. The van der Waals surface area contributed by atoms with Gasteiger partial charge in [-0.3, -0.25) is 4.79 Å². The molecule has 1 heterocycles. The third-order valence-corrected chi connectivity index (χ3v) is 6.22. The number of ether oxygens (including phenoxy) is 1. The van der Waals surface area contributed by atoms with E-state index in [1.165, 1.54) is 6.07 Å². The fourth-order valence-corrected chi connectivity index (χ4v) is 4.85. The number of carbonyl (C=O) groups is 1. The van der Waals surface area contributed by atoms with Crippen LogP contribution >= 0.6 is 11.7 Å². The zero-order valence-corrected chi connectivity index (χ0v) is 17.9. The summed E-state index contributed by atoms with van der Waals surface area (Å²) in [5.74, 6) is -0.0341. The molecule has 0 aliphatic heterocycles. The first-order chi connectivity index (χ1) is 13.8. The Morgan fingerprint density at radius 1 is 1.14 bits per heavy atom. The highest BCUT2D eigenvalue weighted by Crippen LogP contribution is 2.22. The van der Waals surface area contributed by atoms with Crippen molar-refractivity contribution in [2.24, 2.45) is 5.92 Å². The summed E-state index contributed by atoms with van der Waals surface area (Å²) in [6.07, 6.45) is 0. The van der Waals surface area contributed by atoms with Crippen LogP contribution in [0.5, 0.6) is 5.75 Å². The number of carbonyl (C=O) groups excluding carboxylic acids is 1. The molecule has 2 aromatic carbocycles. The number of rotatable bonds is 8. The standard InChI is InChI=1S/C19H22N4O4S2/c1-4-27-14-10-8-13(9-11-14)20-19(24)17(12(2)3)23-29(25,26)16-7-5-6-15-18(16)22-28-21-15/h5-12,17,23H,4H2,1-3H3,(H,20,24)/t17-/m0/s1. The number of anilines is 1. The number of sulfonamides is 1. The Labute approximate surface area is 173 Å². The van der Waals surface area contributed by atoms with Crippen molar-refractivity contribution in [3.05, 3.63) is 42.5 Å². The molecule has 154 valence electrons. The summed E-state index contributed by atoms with van der Waals surface area (Å²) >= 11 is 0.939. The second-order valence-corrected chi connectivity index (χ2v) is 8.89. The van der Waals surface area contributed by atoms with E-state index in [1.807, 2.05) is 6.92 Å². The van der Waals surface area contributed by atoms with Gasteiger partial charge in [0.1, 0.15) is 27.7 Å². The molecule has 8 nitrogen and oxygen atoms in total. The van der Waals surface area contributed by atoms with Crippen LogP contribution in [0.15, 0.2) is 47.4 Å². The van der Waals surface area contributed by atoms with Crippen molar-refractivity contribution in [3.8, 4) is 5.75 Å². The third kappa shape index (κ3) is 4.89. The topological polar surface area (TPSA) is 110 Å². The lowest BCUT2D eigenvalue weighted by Gasteiger charge is -2.21. The quantitative estimate of drug-likeness (QED) is 0.564. The molecule has 0 aliphatic carbocycles. The summed E-state index contributed by atoms with van der Waals surface area (Å²) in [5, 5.41) is 2.75. The van der Waals surface area contributed by atoms with E-state index >= 15 is 0 Å². The van der Waals surface area contributed by atoms with Crippen LogP contribution in [-0.2, 0) is 14.8 Å². The second kappa shape index (κ2) is 8.85. The highest BCUT2D eigenvalue weighted by atomic mass is 32.2. The van der Waals surface area contributed by atoms with Gasteiger partial charge in [-0.1, -0.05) is 19.9 Å². The lowest BCUT2D eigenvalue weighted by molar-refractivity contribution is -0.118. The average Bonchev–Trinajstić information content (AvgIpc) is 3.16. The van der Waals surface area contributed by atoms with Crippen molar-refractivity contribution in [2.75, 3.05) is 11.9 Å². The maximum atomic E-state index is 13.0. The van der Waals surface area contributed by atoms with Gasteiger partial charge in [0.25, 0.3) is 0 Å². The van der Waals surface area contributed by atoms with Crippen LogP contribution in [0.4, 0.5) is 5.69 Å². The molecule has 3 aromatic rings. The number of hydrogen-bond donors (Lipinski definition) is 2. The normalized spacial score (nSPS) is 12.8. The molecule has 0 fully saturated rings.